The number of rotatable bonds is 4. The molecular weight excluding hydrogens is 351 g/mol. The summed E-state index contributed by atoms with van der Waals surface area (Å²) in [6.45, 7) is 1.66. The van der Waals surface area contributed by atoms with Crippen LogP contribution in [-0.4, -0.2) is 45.4 Å². The lowest BCUT2D eigenvalue weighted by molar-refractivity contribution is 0.0694. The molecule has 1 aliphatic heterocycles. The van der Waals surface area contributed by atoms with E-state index in [4.69, 9.17) is 5.73 Å². The molecule has 3 aliphatic rings. The summed E-state index contributed by atoms with van der Waals surface area (Å²) in [6.07, 6.45) is 3.65. The van der Waals surface area contributed by atoms with Crippen molar-refractivity contribution in [1.82, 2.24) is 9.55 Å². The number of alkyl halides is 1. The summed E-state index contributed by atoms with van der Waals surface area (Å²) in [4.78, 5) is 30.7. The second-order valence-corrected chi connectivity index (χ2v) is 8.11. The normalized spacial score (nSPS) is 28.5. The van der Waals surface area contributed by atoms with E-state index in [2.05, 4.69) is 9.88 Å². The summed E-state index contributed by atoms with van der Waals surface area (Å²) >= 11 is 0. The lowest BCUT2D eigenvalue weighted by atomic mass is 9.98. The van der Waals surface area contributed by atoms with Gasteiger partial charge in [0.05, 0.1) is 11.4 Å². The Bertz CT molecular complexity index is 1020. The molecule has 27 heavy (non-hydrogen) atoms. The number of carboxylic acid groups (broad SMARTS) is 1. The quantitative estimate of drug-likeness (QED) is 0.847. The number of hydrogen-bond donors (Lipinski definition) is 2. The molecule has 0 radical (unpaired) electrons. The van der Waals surface area contributed by atoms with Crippen LogP contribution in [0.3, 0.4) is 0 Å². The van der Waals surface area contributed by atoms with Crippen molar-refractivity contribution >= 4 is 22.8 Å². The third-order valence-corrected chi connectivity index (χ3v) is 6.28. The Balaban J connectivity index is 1.58. The van der Waals surface area contributed by atoms with Gasteiger partial charge in [-0.25, -0.2) is 14.2 Å². The molecule has 3 N–H and O–H groups in total. The van der Waals surface area contributed by atoms with Gasteiger partial charge in [0, 0.05) is 31.2 Å². The molecule has 0 bridgehead atoms. The van der Waals surface area contributed by atoms with Gasteiger partial charge in [0.25, 0.3) is 0 Å². The number of nitrogens with zero attached hydrogens (tertiary/aromatic N) is 3. The molecule has 2 aromatic rings. The zero-order valence-corrected chi connectivity index (χ0v) is 14.8. The molecule has 0 unspecified atom stereocenters. The van der Waals surface area contributed by atoms with Gasteiger partial charge in [-0.2, -0.15) is 0 Å². The first-order valence-electron chi connectivity index (χ1n) is 9.34. The van der Waals surface area contributed by atoms with Gasteiger partial charge in [0.15, 0.2) is 0 Å². The van der Waals surface area contributed by atoms with Crippen LogP contribution >= 0.6 is 0 Å². The summed E-state index contributed by atoms with van der Waals surface area (Å²) in [5.41, 5.74) is 5.72. The van der Waals surface area contributed by atoms with Crippen LogP contribution in [0.4, 0.5) is 10.2 Å². The molecule has 2 saturated carbocycles. The van der Waals surface area contributed by atoms with Crippen LogP contribution in [0.5, 0.6) is 0 Å². The van der Waals surface area contributed by atoms with E-state index >= 15 is 0 Å². The van der Waals surface area contributed by atoms with Crippen LogP contribution in [0.1, 0.15) is 42.1 Å². The summed E-state index contributed by atoms with van der Waals surface area (Å²) < 4.78 is 15.2. The number of carboxylic acids is 1. The molecule has 0 aromatic carbocycles. The number of hydrogen-bond acceptors (Lipinski definition) is 5. The lowest BCUT2D eigenvalue weighted by Gasteiger charge is -2.21. The smallest absolute Gasteiger partial charge is 0.341 e. The minimum atomic E-state index is -1.31. The minimum absolute atomic E-state index is 0.0421. The Morgan fingerprint density at radius 3 is 2.74 bits per heavy atom. The van der Waals surface area contributed by atoms with Crippen LogP contribution < -0.4 is 16.1 Å². The van der Waals surface area contributed by atoms with E-state index in [0.29, 0.717) is 18.0 Å². The van der Waals surface area contributed by atoms with Crippen LogP contribution in [0.25, 0.3) is 11.0 Å². The number of halogens is 1. The number of anilines is 1. The maximum Gasteiger partial charge on any atom is 0.341 e. The van der Waals surface area contributed by atoms with Crippen molar-refractivity contribution < 1.29 is 14.3 Å². The van der Waals surface area contributed by atoms with Crippen molar-refractivity contribution in [3.05, 3.63) is 34.1 Å². The van der Waals surface area contributed by atoms with Crippen LogP contribution in [0.15, 0.2) is 23.1 Å². The standard InChI is InChI=1S/C19H21FN4O3/c20-13-7-14(13)24-9-12(18(26)27)16(25)11-1-2-15(22-17(11)24)23-6-3-10(8-23)19(21)4-5-19/h1-2,9-10,13-14H,3-8,21H2,(H,26,27)/t10-,13+,14-/m1/s1. The summed E-state index contributed by atoms with van der Waals surface area (Å²) in [7, 11) is 0. The van der Waals surface area contributed by atoms with Gasteiger partial charge >= 0.3 is 5.97 Å². The van der Waals surface area contributed by atoms with Crippen molar-refractivity contribution in [2.24, 2.45) is 11.7 Å². The fraction of sp³-hybridized carbons (Fsp3) is 0.526. The number of carbonyl (C=O) groups is 1. The highest BCUT2D eigenvalue weighted by molar-refractivity contribution is 5.92. The Morgan fingerprint density at radius 1 is 1.37 bits per heavy atom. The van der Waals surface area contributed by atoms with Gasteiger partial charge < -0.3 is 20.3 Å². The molecule has 2 aromatic heterocycles. The molecule has 7 nitrogen and oxygen atoms in total. The molecule has 3 atom stereocenters. The maximum absolute atomic E-state index is 13.7. The van der Waals surface area contributed by atoms with E-state index in [1.165, 1.54) is 10.8 Å². The fourth-order valence-electron chi connectivity index (χ4n) is 4.23. The molecule has 1 saturated heterocycles. The van der Waals surface area contributed by atoms with Gasteiger partial charge in [-0.1, -0.05) is 0 Å². The average Bonchev–Trinajstić information content (AvgIpc) is 3.50. The third-order valence-electron chi connectivity index (χ3n) is 6.28. The van der Waals surface area contributed by atoms with Gasteiger partial charge in [-0.15, -0.1) is 0 Å². The monoisotopic (exact) mass is 372 g/mol. The molecule has 0 spiro atoms. The van der Waals surface area contributed by atoms with Gasteiger partial charge in [-0.3, -0.25) is 4.79 Å². The Morgan fingerprint density at radius 2 is 2.11 bits per heavy atom. The van der Waals surface area contributed by atoms with E-state index in [1.54, 1.807) is 12.1 Å². The second kappa shape index (κ2) is 5.51. The number of pyridine rings is 2. The number of aromatic nitrogens is 2. The zero-order valence-electron chi connectivity index (χ0n) is 14.8. The fourth-order valence-corrected chi connectivity index (χ4v) is 4.23. The molecule has 0 amide bonds. The summed E-state index contributed by atoms with van der Waals surface area (Å²) in [5, 5.41) is 9.52. The molecule has 3 fully saturated rings. The van der Waals surface area contributed by atoms with Crippen molar-refractivity contribution in [1.29, 1.82) is 0 Å². The van der Waals surface area contributed by atoms with E-state index in [0.717, 1.165) is 38.2 Å². The Hall–Kier alpha value is -2.48. The molecule has 142 valence electrons. The molecule has 2 aliphatic carbocycles. The highest BCUT2D eigenvalue weighted by Crippen LogP contribution is 2.44. The highest BCUT2D eigenvalue weighted by Gasteiger charge is 2.48. The highest BCUT2D eigenvalue weighted by atomic mass is 19.1. The second-order valence-electron chi connectivity index (χ2n) is 8.11. The minimum Gasteiger partial charge on any atom is -0.477 e. The first-order valence-corrected chi connectivity index (χ1v) is 9.34. The van der Waals surface area contributed by atoms with E-state index in [-0.39, 0.29) is 16.5 Å². The van der Waals surface area contributed by atoms with E-state index in [9.17, 15) is 19.1 Å². The SMILES string of the molecule is NC1([C@@H]2CCN(c3ccc4c(=O)c(C(=O)O)cn([C@@H]5C[C@@H]5F)c4n3)C2)CC1. The Labute approximate surface area is 154 Å². The number of nitrogens with two attached hydrogens (primary N) is 1. The molecule has 3 heterocycles. The van der Waals surface area contributed by atoms with Crippen molar-refractivity contribution in [3.63, 3.8) is 0 Å². The number of aromatic carboxylic acids is 1. The predicted molar refractivity (Wildman–Crippen MR) is 98.0 cm³/mol. The van der Waals surface area contributed by atoms with Crippen LogP contribution in [0.2, 0.25) is 0 Å². The van der Waals surface area contributed by atoms with Crippen molar-refractivity contribution in [3.8, 4) is 0 Å². The largest absolute Gasteiger partial charge is 0.477 e. The lowest BCUT2D eigenvalue weighted by Crippen LogP contribution is -2.34. The van der Waals surface area contributed by atoms with E-state index in [1.807, 2.05) is 0 Å². The average molecular weight is 372 g/mol. The van der Waals surface area contributed by atoms with Crippen molar-refractivity contribution in [2.45, 2.75) is 43.4 Å². The summed E-state index contributed by atoms with van der Waals surface area (Å²) in [5.74, 6) is -0.150. The topological polar surface area (TPSA) is 101 Å². The van der Waals surface area contributed by atoms with Gasteiger partial charge in [0.2, 0.25) is 5.43 Å². The molecule has 5 rings (SSSR count). The maximum atomic E-state index is 13.7. The zero-order chi connectivity index (χ0) is 18.9. The van der Waals surface area contributed by atoms with Crippen LogP contribution in [-0.2, 0) is 0 Å². The molecular formula is C19H21FN4O3. The third kappa shape index (κ3) is 2.62. The number of fused-ring (bicyclic) bond motifs is 1. The van der Waals surface area contributed by atoms with Crippen LogP contribution in [0, 0.1) is 5.92 Å². The summed E-state index contributed by atoms with van der Waals surface area (Å²) in [6, 6.07) is 2.90. The van der Waals surface area contributed by atoms with E-state index < -0.39 is 23.6 Å². The first-order chi connectivity index (χ1) is 12.9. The first kappa shape index (κ1) is 16.7. The Kier molecular flexibility index (Phi) is 3.40. The van der Waals surface area contributed by atoms with Gasteiger partial charge in [-0.05, 0) is 37.3 Å². The van der Waals surface area contributed by atoms with Gasteiger partial charge in [0.1, 0.15) is 23.2 Å². The van der Waals surface area contributed by atoms with Crippen molar-refractivity contribution in [2.75, 3.05) is 18.0 Å². The predicted octanol–water partition coefficient (Wildman–Crippen LogP) is 1.70. The molecule has 8 heteroatoms.